The summed E-state index contributed by atoms with van der Waals surface area (Å²) in [5, 5.41) is 0.367. The van der Waals surface area contributed by atoms with Crippen LogP contribution in [0.1, 0.15) is 26.7 Å². The minimum Gasteiger partial charge on any atom is -0.336 e. The van der Waals surface area contributed by atoms with E-state index in [0.717, 1.165) is 24.8 Å². The van der Waals surface area contributed by atoms with Crippen LogP contribution in [-0.2, 0) is 0 Å². The number of nitrogens with zero attached hydrogens (tertiary/aromatic N) is 1. The summed E-state index contributed by atoms with van der Waals surface area (Å²) in [4.78, 5) is 13.4. The van der Waals surface area contributed by atoms with E-state index in [4.69, 9.17) is 0 Å². The van der Waals surface area contributed by atoms with E-state index in [0.29, 0.717) is 17.0 Å². The van der Waals surface area contributed by atoms with Crippen molar-refractivity contribution in [2.45, 2.75) is 26.7 Å². The van der Waals surface area contributed by atoms with E-state index in [1.165, 1.54) is 12.8 Å². The number of hydrogen-bond donors (Lipinski definition) is 0. The normalized spacial score (nSPS) is 17.8. The minimum absolute atomic E-state index is 0.367. The first kappa shape index (κ1) is 9.90. The Labute approximate surface area is 78.7 Å². The second-order valence-corrected chi connectivity index (χ2v) is 4.49. The van der Waals surface area contributed by atoms with Crippen molar-refractivity contribution < 1.29 is 4.79 Å². The van der Waals surface area contributed by atoms with E-state index >= 15 is 0 Å². The van der Waals surface area contributed by atoms with Crippen molar-refractivity contribution in [3.8, 4) is 0 Å². The number of hydrogen-bond acceptors (Lipinski definition) is 1. The molecule has 2 nitrogen and oxygen atoms in total. The molecular weight excluding hydrogens is 170 g/mol. The first-order chi connectivity index (χ1) is 5.77. The van der Waals surface area contributed by atoms with Crippen LogP contribution in [0.4, 0.5) is 4.79 Å². The van der Waals surface area contributed by atoms with Gasteiger partial charge in [-0.15, -0.1) is 0 Å². The van der Waals surface area contributed by atoms with Gasteiger partial charge in [-0.05, 0) is 38.4 Å². The van der Waals surface area contributed by atoms with E-state index in [9.17, 15) is 4.79 Å². The Morgan fingerprint density at radius 2 is 2.00 bits per heavy atom. The molecule has 0 aromatic heterocycles. The number of rotatable bonds is 4. The zero-order chi connectivity index (χ0) is 8.97. The zero-order valence-corrected chi connectivity index (χ0v) is 8.97. The van der Waals surface area contributed by atoms with Crippen molar-refractivity contribution >= 4 is 17.0 Å². The van der Waals surface area contributed by atoms with Gasteiger partial charge in [0.15, 0.2) is 0 Å². The van der Waals surface area contributed by atoms with Crippen LogP contribution < -0.4 is 0 Å². The Balaban J connectivity index is 2.15. The summed E-state index contributed by atoms with van der Waals surface area (Å²) in [7, 11) is 0. The Kier molecular flexibility index (Phi) is 3.92. The molecule has 72 valence electrons. The first-order valence-corrected chi connectivity index (χ1v) is 6.01. The van der Waals surface area contributed by atoms with Crippen LogP contribution in [0.5, 0.6) is 0 Å². The predicted molar refractivity (Wildman–Crippen MR) is 56.3 cm³/mol. The quantitative estimate of drug-likeness (QED) is 0.663. The summed E-state index contributed by atoms with van der Waals surface area (Å²) in [6.07, 6.45) is 2.72. The monoisotopic (exact) mass is 189 g/mol. The molecule has 1 fully saturated rings. The minimum atomic E-state index is 0.367. The predicted octanol–water partition coefficient (Wildman–Crippen LogP) is 2.06. The van der Waals surface area contributed by atoms with Gasteiger partial charge in [0.2, 0.25) is 0 Å². The lowest BCUT2D eigenvalue weighted by Crippen LogP contribution is -2.27. The van der Waals surface area contributed by atoms with Gasteiger partial charge in [0.05, 0.1) is 0 Å². The van der Waals surface area contributed by atoms with Crippen LogP contribution in [0.25, 0.3) is 0 Å². The molecular formula is C9H19NOS. The van der Waals surface area contributed by atoms with Crippen LogP contribution in [0.15, 0.2) is 0 Å². The second-order valence-electron chi connectivity index (χ2n) is 3.30. The molecule has 0 heterocycles. The van der Waals surface area contributed by atoms with Crippen LogP contribution in [-0.4, -0.2) is 29.0 Å². The molecule has 3 heteroatoms. The molecule has 1 aliphatic carbocycles. The highest BCUT2D eigenvalue weighted by atomic mass is 32.2. The number of carbonyl (C=O) groups excluding carboxylic acids is 1. The lowest BCUT2D eigenvalue weighted by Gasteiger charge is -2.18. The molecule has 0 spiro atoms. The summed E-state index contributed by atoms with van der Waals surface area (Å²) in [5.74, 6) is 2.04. The van der Waals surface area contributed by atoms with Gasteiger partial charge in [0.25, 0.3) is 5.24 Å². The maximum Gasteiger partial charge on any atom is 0.259 e. The third-order valence-electron chi connectivity index (χ3n) is 2.29. The maximum atomic E-state index is 11.5. The molecule has 1 saturated carbocycles. The molecule has 0 saturated heterocycles. The van der Waals surface area contributed by atoms with E-state index < -0.39 is 0 Å². The van der Waals surface area contributed by atoms with Gasteiger partial charge in [-0.3, -0.25) is 4.79 Å². The van der Waals surface area contributed by atoms with Gasteiger partial charge < -0.3 is 4.90 Å². The molecule has 1 amide bonds. The standard InChI is InChI=1S/C9H19NOS/c1-3-10(4-2)9(11)12-7-8-5-6-8/h8H,3-7,12H2,1-2H3. The number of carbonyl (C=O) groups is 1. The van der Waals surface area contributed by atoms with Crippen molar-refractivity contribution in [2.24, 2.45) is 5.92 Å². The lowest BCUT2D eigenvalue weighted by molar-refractivity contribution is 0.228. The second kappa shape index (κ2) is 4.75. The van der Waals surface area contributed by atoms with Crippen molar-refractivity contribution in [1.29, 1.82) is 0 Å². The topological polar surface area (TPSA) is 20.3 Å². The summed E-state index contributed by atoms with van der Waals surface area (Å²) < 4.78 is 0. The van der Waals surface area contributed by atoms with Gasteiger partial charge in [-0.1, -0.05) is 0 Å². The molecule has 1 aliphatic rings. The highest BCUT2D eigenvalue weighted by Crippen LogP contribution is 2.32. The van der Waals surface area contributed by atoms with Gasteiger partial charge >= 0.3 is 0 Å². The fraction of sp³-hybridized carbons (Fsp3) is 0.889. The Hall–Kier alpha value is -0.180. The molecule has 1 rings (SSSR count). The summed E-state index contributed by atoms with van der Waals surface area (Å²) in [5.41, 5.74) is 0. The smallest absolute Gasteiger partial charge is 0.259 e. The highest BCUT2D eigenvalue weighted by molar-refractivity contribution is 8.13. The molecule has 0 N–H and O–H groups in total. The van der Waals surface area contributed by atoms with Crippen molar-refractivity contribution in [2.75, 3.05) is 18.8 Å². The Bertz CT molecular complexity index is 153. The third kappa shape index (κ3) is 3.05. The fourth-order valence-corrected chi connectivity index (χ4v) is 2.59. The van der Waals surface area contributed by atoms with Gasteiger partial charge in [-0.25, -0.2) is 0 Å². The van der Waals surface area contributed by atoms with Crippen LogP contribution in [0.2, 0.25) is 0 Å². The Morgan fingerprint density at radius 1 is 1.42 bits per heavy atom. The van der Waals surface area contributed by atoms with E-state index in [1.807, 2.05) is 18.7 Å². The van der Waals surface area contributed by atoms with Gasteiger partial charge in [-0.2, -0.15) is 11.8 Å². The molecule has 0 aliphatic heterocycles. The van der Waals surface area contributed by atoms with E-state index in [1.54, 1.807) is 0 Å². The maximum absolute atomic E-state index is 11.5. The zero-order valence-electron chi connectivity index (χ0n) is 7.97. The molecule has 0 unspecified atom stereocenters. The molecule has 0 aromatic carbocycles. The fourth-order valence-electron chi connectivity index (χ4n) is 1.18. The average Bonchev–Trinajstić information content (AvgIpc) is 2.86. The van der Waals surface area contributed by atoms with Gasteiger partial charge in [0.1, 0.15) is 0 Å². The van der Waals surface area contributed by atoms with E-state index in [-0.39, 0.29) is 0 Å². The third-order valence-corrected chi connectivity index (χ3v) is 3.69. The van der Waals surface area contributed by atoms with Crippen LogP contribution in [0.3, 0.4) is 0 Å². The molecule has 0 atom stereocenters. The molecule has 0 aromatic rings. The summed E-state index contributed by atoms with van der Waals surface area (Å²) >= 11 is 0.530. The van der Waals surface area contributed by atoms with Crippen molar-refractivity contribution in [3.05, 3.63) is 0 Å². The largest absolute Gasteiger partial charge is 0.336 e. The van der Waals surface area contributed by atoms with Crippen LogP contribution in [0, 0.1) is 5.92 Å². The lowest BCUT2D eigenvalue weighted by atomic mass is 10.5. The van der Waals surface area contributed by atoms with Gasteiger partial charge in [0, 0.05) is 13.1 Å². The van der Waals surface area contributed by atoms with E-state index in [2.05, 4.69) is 0 Å². The Morgan fingerprint density at radius 3 is 2.42 bits per heavy atom. The summed E-state index contributed by atoms with van der Waals surface area (Å²) in [6.45, 7) is 5.83. The molecule has 0 radical (unpaired) electrons. The molecule has 0 bridgehead atoms. The van der Waals surface area contributed by atoms with Crippen molar-refractivity contribution in [3.63, 3.8) is 0 Å². The average molecular weight is 189 g/mol. The SMILES string of the molecule is CCN(CC)C(=O)[SH2]CC1CC1. The van der Waals surface area contributed by atoms with Crippen molar-refractivity contribution in [1.82, 2.24) is 4.90 Å². The van der Waals surface area contributed by atoms with Crippen LogP contribution >= 0.6 is 11.8 Å². The number of amides is 1. The summed E-state index contributed by atoms with van der Waals surface area (Å²) in [6, 6.07) is 0. The first-order valence-electron chi connectivity index (χ1n) is 4.80. The molecule has 12 heavy (non-hydrogen) atoms. The highest BCUT2D eigenvalue weighted by Gasteiger charge is 2.21.